The Labute approximate surface area is 76.1 Å². The Balaban J connectivity index is 2.75. The van der Waals surface area contributed by atoms with E-state index in [1.165, 1.54) is 6.21 Å². The van der Waals surface area contributed by atoms with Gasteiger partial charge in [0, 0.05) is 5.56 Å². The van der Waals surface area contributed by atoms with Gasteiger partial charge in [0.15, 0.2) is 0 Å². The Hall–Kier alpha value is -1.83. The number of hydrogen-bond donors (Lipinski definition) is 1. The van der Waals surface area contributed by atoms with Crippen molar-refractivity contribution < 1.29 is 5.21 Å². The predicted molar refractivity (Wildman–Crippen MR) is 53.3 cm³/mol. The number of fused-ring (bicyclic) bond motifs is 1. The summed E-state index contributed by atoms with van der Waals surface area (Å²) in [7, 11) is 0. The van der Waals surface area contributed by atoms with Crippen LogP contribution >= 0.6 is 0 Å². The quantitative estimate of drug-likeness (QED) is 0.399. The highest BCUT2D eigenvalue weighted by atomic mass is 16.4. The standard InChI is InChI=1S/C11H9NO/c13-12-8-10-6-3-5-9-4-1-2-7-11(9)10/h1-8,13H/b12-8+. The van der Waals surface area contributed by atoms with Crippen molar-refractivity contribution in [3.8, 4) is 0 Å². The Bertz CT molecular complexity index is 443. The highest BCUT2D eigenvalue weighted by molar-refractivity contribution is 5.99. The maximum Gasteiger partial charge on any atom is 0.0740 e. The monoisotopic (exact) mass is 171 g/mol. The second-order valence-corrected chi connectivity index (χ2v) is 2.81. The van der Waals surface area contributed by atoms with Crippen LogP contribution in [0.2, 0.25) is 0 Å². The Morgan fingerprint density at radius 1 is 1.00 bits per heavy atom. The van der Waals surface area contributed by atoms with Gasteiger partial charge in [-0.2, -0.15) is 0 Å². The van der Waals surface area contributed by atoms with Gasteiger partial charge in [0.1, 0.15) is 0 Å². The third-order valence-corrected chi connectivity index (χ3v) is 2.02. The van der Waals surface area contributed by atoms with E-state index in [1.54, 1.807) is 0 Å². The number of oxime groups is 1. The van der Waals surface area contributed by atoms with Gasteiger partial charge < -0.3 is 5.21 Å². The smallest absolute Gasteiger partial charge is 0.0740 e. The lowest BCUT2D eigenvalue weighted by molar-refractivity contribution is 0.322. The first kappa shape index (κ1) is 7.80. The summed E-state index contributed by atoms with van der Waals surface area (Å²) in [5, 5.41) is 13.7. The molecule has 64 valence electrons. The summed E-state index contributed by atoms with van der Waals surface area (Å²) in [6.07, 6.45) is 1.45. The van der Waals surface area contributed by atoms with Gasteiger partial charge in [-0.25, -0.2) is 0 Å². The summed E-state index contributed by atoms with van der Waals surface area (Å²) in [5.74, 6) is 0. The number of rotatable bonds is 1. The van der Waals surface area contributed by atoms with Crippen LogP contribution in [-0.4, -0.2) is 11.4 Å². The van der Waals surface area contributed by atoms with Crippen molar-refractivity contribution in [1.29, 1.82) is 0 Å². The Morgan fingerprint density at radius 3 is 2.62 bits per heavy atom. The molecule has 0 heterocycles. The molecule has 1 N–H and O–H groups in total. The largest absolute Gasteiger partial charge is 0.411 e. The normalized spacial score (nSPS) is 11.1. The van der Waals surface area contributed by atoms with Crippen molar-refractivity contribution in [3.05, 3.63) is 48.0 Å². The van der Waals surface area contributed by atoms with E-state index in [0.717, 1.165) is 16.3 Å². The molecule has 2 rings (SSSR count). The van der Waals surface area contributed by atoms with Crippen LogP contribution in [-0.2, 0) is 0 Å². The molecule has 0 fully saturated rings. The van der Waals surface area contributed by atoms with E-state index in [-0.39, 0.29) is 0 Å². The SMILES string of the molecule is O/N=C/c1cccc2ccccc12. The first-order valence-electron chi connectivity index (χ1n) is 4.07. The fourth-order valence-electron chi connectivity index (χ4n) is 1.43. The van der Waals surface area contributed by atoms with E-state index < -0.39 is 0 Å². The van der Waals surface area contributed by atoms with Crippen molar-refractivity contribution in [1.82, 2.24) is 0 Å². The van der Waals surface area contributed by atoms with E-state index in [1.807, 2.05) is 42.5 Å². The number of benzene rings is 2. The third kappa shape index (κ3) is 1.38. The molecule has 0 radical (unpaired) electrons. The topological polar surface area (TPSA) is 32.6 Å². The van der Waals surface area contributed by atoms with Crippen molar-refractivity contribution in [2.75, 3.05) is 0 Å². The fraction of sp³-hybridized carbons (Fsp3) is 0. The molecular formula is C11H9NO. The van der Waals surface area contributed by atoms with Gasteiger partial charge in [-0.15, -0.1) is 0 Å². The minimum absolute atomic E-state index is 0.931. The molecule has 0 spiro atoms. The van der Waals surface area contributed by atoms with E-state index in [9.17, 15) is 0 Å². The second-order valence-electron chi connectivity index (χ2n) is 2.81. The van der Waals surface area contributed by atoms with Crippen LogP contribution in [0.5, 0.6) is 0 Å². The second kappa shape index (κ2) is 3.27. The zero-order chi connectivity index (χ0) is 9.10. The molecule has 2 heteroatoms. The van der Waals surface area contributed by atoms with Gasteiger partial charge >= 0.3 is 0 Å². The van der Waals surface area contributed by atoms with E-state index in [4.69, 9.17) is 5.21 Å². The molecule has 0 amide bonds. The van der Waals surface area contributed by atoms with Gasteiger partial charge in [0.2, 0.25) is 0 Å². The fourth-order valence-corrected chi connectivity index (χ4v) is 1.43. The summed E-state index contributed by atoms with van der Waals surface area (Å²) < 4.78 is 0. The minimum atomic E-state index is 0.931. The lowest BCUT2D eigenvalue weighted by atomic mass is 10.1. The maximum absolute atomic E-state index is 8.45. The zero-order valence-corrected chi connectivity index (χ0v) is 7.01. The summed E-state index contributed by atoms with van der Waals surface area (Å²) in [6, 6.07) is 13.9. The van der Waals surface area contributed by atoms with Gasteiger partial charge in [-0.05, 0) is 10.8 Å². The molecule has 0 bridgehead atoms. The van der Waals surface area contributed by atoms with Crippen molar-refractivity contribution >= 4 is 17.0 Å². The summed E-state index contributed by atoms with van der Waals surface area (Å²) in [4.78, 5) is 0. The van der Waals surface area contributed by atoms with Gasteiger partial charge in [0.25, 0.3) is 0 Å². The molecule has 0 atom stereocenters. The average Bonchev–Trinajstić information content (AvgIpc) is 2.19. The van der Waals surface area contributed by atoms with Crippen LogP contribution in [0.1, 0.15) is 5.56 Å². The molecule has 0 aliphatic rings. The first-order chi connectivity index (χ1) is 6.42. The van der Waals surface area contributed by atoms with Crippen molar-refractivity contribution in [3.63, 3.8) is 0 Å². The molecule has 0 aliphatic heterocycles. The van der Waals surface area contributed by atoms with Crippen LogP contribution in [0.3, 0.4) is 0 Å². The number of hydrogen-bond acceptors (Lipinski definition) is 2. The summed E-state index contributed by atoms with van der Waals surface area (Å²) in [5.41, 5.74) is 0.931. The molecule has 0 aromatic heterocycles. The van der Waals surface area contributed by atoms with Crippen molar-refractivity contribution in [2.24, 2.45) is 5.16 Å². The van der Waals surface area contributed by atoms with Gasteiger partial charge in [-0.1, -0.05) is 47.6 Å². The van der Waals surface area contributed by atoms with E-state index in [2.05, 4.69) is 5.16 Å². The minimum Gasteiger partial charge on any atom is -0.411 e. The Morgan fingerprint density at radius 2 is 1.77 bits per heavy atom. The van der Waals surface area contributed by atoms with Crippen molar-refractivity contribution in [2.45, 2.75) is 0 Å². The predicted octanol–water partition coefficient (Wildman–Crippen LogP) is 2.65. The molecular weight excluding hydrogens is 162 g/mol. The highest BCUT2D eigenvalue weighted by Crippen LogP contribution is 2.16. The third-order valence-electron chi connectivity index (χ3n) is 2.02. The lowest BCUT2D eigenvalue weighted by Gasteiger charge is -1.99. The van der Waals surface area contributed by atoms with Crippen LogP contribution in [0, 0.1) is 0 Å². The molecule has 0 aliphatic carbocycles. The number of nitrogens with zero attached hydrogens (tertiary/aromatic N) is 1. The van der Waals surface area contributed by atoms with Crippen LogP contribution < -0.4 is 0 Å². The van der Waals surface area contributed by atoms with E-state index >= 15 is 0 Å². The molecule has 2 aromatic rings. The zero-order valence-electron chi connectivity index (χ0n) is 7.01. The van der Waals surface area contributed by atoms with Crippen LogP contribution in [0.4, 0.5) is 0 Å². The van der Waals surface area contributed by atoms with Gasteiger partial charge in [-0.3, -0.25) is 0 Å². The molecule has 13 heavy (non-hydrogen) atoms. The maximum atomic E-state index is 8.45. The Kier molecular flexibility index (Phi) is 1.96. The molecule has 2 aromatic carbocycles. The van der Waals surface area contributed by atoms with E-state index in [0.29, 0.717) is 0 Å². The lowest BCUT2D eigenvalue weighted by Crippen LogP contribution is -1.83. The highest BCUT2D eigenvalue weighted by Gasteiger charge is 1.95. The molecule has 0 saturated heterocycles. The summed E-state index contributed by atoms with van der Waals surface area (Å²) in [6.45, 7) is 0. The summed E-state index contributed by atoms with van der Waals surface area (Å²) >= 11 is 0. The van der Waals surface area contributed by atoms with Gasteiger partial charge in [0.05, 0.1) is 6.21 Å². The average molecular weight is 171 g/mol. The first-order valence-corrected chi connectivity index (χ1v) is 4.07. The molecule has 0 saturated carbocycles. The van der Waals surface area contributed by atoms with Crippen LogP contribution in [0.25, 0.3) is 10.8 Å². The molecule has 0 unspecified atom stereocenters. The van der Waals surface area contributed by atoms with Crippen LogP contribution in [0.15, 0.2) is 47.6 Å². The molecule has 2 nitrogen and oxygen atoms in total.